The minimum atomic E-state index is 0.0657. The maximum Gasteiger partial charge on any atom is 0.123 e. The predicted molar refractivity (Wildman–Crippen MR) is 126 cm³/mol. The van der Waals surface area contributed by atoms with Crippen molar-refractivity contribution in [3.05, 3.63) is 90.0 Å². The van der Waals surface area contributed by atoms with E-state index >= 15 is 0 Å². The molecule has 0 amide bonds. The summed E-state index contributed by atoms with van der Waals surface area (Å²) < 4.78 is 12.0. The van der Waals surface area contributed by atoms with Crippen LogP contribution in [0, 0.1) is 0 Å². The second-order valence-electron chi connectivity index (χ2n) is 8.49. The molecule has 0 heterocycles. The first-order chi connectivity index (χ1) is 14.5. The van der Waals surface area contributed by atoms with E-state index in [-0.39, 0.29) is 5.41 Å². The molecule has 0 radical (unpaired) electrons. The van der Waals surface area contributed by atoms with Crippen molar-refractivity contribution in [1.29, 1.82) is 0 Å². The minimum absolute atomic E-state index is 0.0657. The number of para-hydroxylation sites is 1. The molecular weight excluding hydrogens is 370 g/mol. The number of anilines is 1. The molecule has 0 spiro atoms. The molecule has 0 unspecified atom stereocenters. The van der Waals surface area contributed by atoms with Gasteiger partial charge in [-0.05, 0) is 47.6 Å². The van der Waals surface area contributed by atoms with Gasteiger partial charge in [0, 0.05) is 18.3 Å². The van der Waals surface area contributed by atoms with Crippen LogP contribution in [0.25, 0.3) is 0 Å². The van der Waals surface area contributed by atoms with Gasteiger partial charge in [0.15, 0.2) is 0 Å². The molecule has 3 aromatic carbocycles. The van der Waals surface area contributed by atoms with Crippen LogP contribution in [0.5, 0.6) is 11.5 Å². The topological polar surface area (TPSA) is 30.5 Å². The van der Waals surface area contributed by atoms with Crippen LogP contribution in [0.2, 0.25) is 0 Å². The zero-order valence-corrected chi connectivity index (χ0v) is 18.4. The SMILES string of the molecule is CC(C)(C)c1ccccc1OCCNc1cccc(OCCCc2ccccc2)c1. The molecule has 0 aliphatic rings. The Hall–Kier alpha value is -2.94. The van der Waals surface area contributed by atoms with E-state index < -0.39 is 0 Å². The largest absolute Gasteiger partial charge is 0.494 e. The fourth-order valence-corrected chi connectivity index (χ4v) is 3.38. The van der Waals surface area contributed by atoms with Crippen molar-refractivity contribution in [3.63, 3.8) is 0 Å². The van der Waals surface area contributed by atoms with Crippen molar-refractivity contribution in [2.45, 2.75) is 39.0 Å². The highest BCUT2D eigenvalue weighted by Gasteiger charge is 2.18. The van der Waals surface area contributed by atoms with E-state index in [1.807, 2.05) is 36.4 Å². The maximum absolute atomic E-state index is 6.04. The lowest BCUT2D eigenvalue weighted by Crippen LogP contribution is -2.16. The highest BCUT2D eigenvalue weighted by molar-refractivity contribution is 5.48. The number of ether oxygens (including phenoxy) is 2. The molecule has 1 N–H and O–H groups in total. The van der Waals surface area contributed by atoms with E-state index in [2.05, 4.69) is 68.6 Å². The molecular formula is C27H33NO2. The first-order valence-electron chi connectivity index (χ1n) is 10.8. The molecule has 0 aliphatic carbocycles. The van der Waals surface area contributed by atoms with Crippen LogP contribution in [0.1, 0.15) is 38.3 Å². The van der Waals surface area contributed by atoms with E-state index in [4.69, 9.17) is 9.47 Å². The molecule has 158 valence electrons. The van der Waals surface area contributed by atoms with Crippen LogP contribution >= 0.6 is 0 Å². The van der Waals surface area contributed by atoms with Gasteiger partial charge in [0.25, 0.3) is 0 Å². The Morgan fingerprint density at radius 3 is 2.33 bits per heavy atom. The molecule has 0 aromatic heterocycles. The van der Waals surface area contributed by atoms with Crippen LogP contribution < -0.4 is 14.8 Å². The van der Waals surface area contributed by atoms with Gasteiger partial charge in [-0.2, -0.15) is 0 Å². The zero-order chi connectivity index (χ0) is 21.2. The van der Waals surface area contributed by atoms with Gasteiger partial charge in [-0.15, -0.1) is 0 Å². The van der Waals surface area contributed by atoms with Crippen molar-refractivity contribution < 1.29 is 9.47 Å². The van der Waals surface area contributed by atoms with E-state index in [0.29, 0.717) is 13.2 Å². The maximum atomic E-state index is 6.04. The number of benzene rings is 3. The lowest BCUT2D eigenvalue weighted by Gasteiger charge is -2.22. The number of nitrogens with one attached hydrogen (secondary N) is 1. The second kappa shape index (κ2) is 10.7. The quantitative estimate of drug-likeness (QED) is 0.393. The monoisotopic (exact) mass is 403 g/mol. The third kappa shape index (κ3) is 6.84. The summed E-state index contributed by atoms with van der Waals surface area (Å²) in [6.45, 7) is 8.67. The molecule has 30 heavy (non-hydrogen) atoms. The zero-order valence-electron chi connectivity index (χ0n) is 18.4. The van der Waals surface area contributed by atoms with Crippen molar-refractivity contribution in [3.8, 4) is 11.5 Å². The van der Waals surface area contributed by atoms with E-state index in [1.165, 1.54) is 11.1 Å². The third-order valence-electron chi connectivity index (χ3n) is 4.94. The van der Waals surface area contributed by atoms with Crippen LogP contribution in [-0.2, 0) is 11.8 Å². The fourth-order valence-electron chi connectivity index (χ4n) is 3.38. The summed E-state index contributed by atoms with van der Waals surface area (Å²) in [5.74, 6) is 1.86. The molecule has 3 aromatic rings. The van der Waals surface area contributed by atoms with Crippen molar-refractivity contribution in [2.75, 3.05) is 25.1 Å². The minimum Gasteiger partial charge on any atom is -0.494 e. The Bertz CT molecular complexity index is 900. The second-order valence-corrected chi connectivity index (χ2v) is 8.49. The third-order valence-corrected chi connectivity index (χ3v) is 4.94. The summed E-state index contributed by atoms with van der Waals surface area (Å²) in [6.07, 6.45) is 2.04. The summed E-state index contributed by atoms with van der Waals surface area (Å²) in [5.41, 5.74) is 3.69. The Kier molecular flexibility index (Phi) is 7.78. The van der Waals surface area contributed by atoms with Gasteiger partial charge in [0.2, 0.25) is 0 Å². The number of hydrogen-bond acceptors (Lipinski definition) is 3. The van der Waals surface area contributed by atoms with Gasteiger partial charge in [-0.3, -0.25) is 0 Å². The first kappa shape index (κ1) is 21.8. The first-order valence-corrected chi connectivity index (χ1v) is 10.8. The van der Waals surface area contributed by atoms with Crippen molar-refractivity contribution in [2.24, 2.45) is 0 Å². The summed E-state index contributed by atoms with van der Waals surface area (Å²) in [7, 11) is 0. The lowest BCUT2D eigenvalue weighted by molar-refractivity contribution is 0.311. The number of aryl methyl sites for hydroxylation is 1. The molecule has 0 aliphatic heterocycles. The van der Waals surface area contributed by atoms with Crippen LogP contribution in [0.3, 0.4) is 0 Å². The summed E-state index contributed by atoms with van der Waals surface area (Å²) in [5, 5.41) is 3.42. The molecule has 0 saturated heterocycles. The van der Waals surface area contributed by atoms with Crippen molar-refractivity contribution in [1.82, 2.24) is 0 Å². The Balaban J connectivity index is 1.41. The number of hydrogen-bond donors (Lipinski definition) is 1. The molecule has 0 bridgehead atoms. The summed E-state index contributed by atoms with van der Waals surface area (Å²) >= 11 is 0. The summed E-state index contributed by atoms with van der Waals surface area (Å²) in [4.78, 5) is 0. The Labute approximate surface area is 181 Å². The molecule has 3 nitrogen and oxygen atoms in total. The molecule has 0 fully saturated rings. The van der Waals surface area contributed by atoms with Crippen LogP contribution in [-0.4, -0.2) is 19.8 Å². The molecule has 0 saturated carbocycles. The van der Waals surface area contributed by atoms with Crippen LogP contribution in [0.15, 0.2) is 78.9 Å². The van der Waals surface area contributed by atoms with E-state index in [0.717, 1.165) is 36.6 Å². The predicted octanol–water partition coefficient (Wildman–Crippen LogP) is 6.49. The van der Waals surface area contributed by atoms with Gasteiger partial charge in [0.05, 0.1) is 6.61 Å². The van der Waals surface area contributed by atoms with Gasteiger partial charge in [-0.25, -0.2) is 0 Å². The van der Waals surface area contributed by atoms with Gasteiger partial charge in [0.1, 0.15) is 18.1 Å². The van der Waals surface area contributed by atoms with E-state index in [9.17, 15) is 0 Å². The van der Waals surface area contributed by atoms with Gasteiger partial charge in [-0.1, -0.05) is 75.4 Å². The molecule has 3 heteroatoms. The smallest absolute Gasteiger partial charge is 0.123 e. The average molecular weight is 404 g/mol. The fraction of sp³-hybridized carbons (Fsp3) is 0.333. The Morgan fingerprint density at radius 2 is 1.53 bits per heavy atom. The van der Waals surface area contributed by atoms with Crippen molar-refractivity contribution >= 4 is 5.69 Å². The number of rotatable bonds is 10. The highest BCUT2D eigenvalue weighted by atomic mass is 16.5. The molecule has 3 rings (SSSR count). The van der Waals surface area contributed by atoms with E-state index in [1.54, 1.807) is 0 Å². The van der Waals surface area contributed by atoms with Gasteiger partial charge >= 0.3 is 0 Å². The highest BCUT2D eigenvalue weighted by Crippen LogP contribution is 2.30. The normalized spacial score (nSPS) is 11.2. The standard InChI is InChI=1S/C27H33NO2/c1-27(2,3)25-16-7-8-17-26(25)30-20-18-28-23-14-9-15-24(21-23)29-19-10-13-22-11-5-4-6-12-22/h4-9,11-12,14-17,21,28H,10,13,18-20H2,1-3H3. The molecule has 0 atom stereocenters. The Morgan fingerprint density at radius 1 is 0.767 bits per heavy atom. The van der Waals surface area contributed by atoms with Crippen LogP contribution in [0.4, 0.5) is 5.69 Å². The summed E-state index contributed by atoms with van der Waals surface area (Å²) in [6, 6.07) is 26.9. The van der Waals surface area contributed by atoms with Gasteiger partial charge < -0.3 is 14.8 Å². The lowest BCUT2D eigenvalue weighted by atomic mass is 9.86. The average Bonchev–Trinajstić information content (AvgIpc) is 2.75.